The summed E-state index contributed by atoms with van der Waals surface area (Å²) in [6, 6.07) is 9.33. The maximum Gasteiger partial charge on any atom is 0.244 e. The summed E-state index contributed by atoms with van der Waals surface area (Å²) in [5.41, 5.74) is 0.838. The first-order valence-electron chi connectivity index (χ1n) is 7.84. The quantitative estimate of drug-likeness (QED) is 0.754. The molecule has 1 amide bonds. The summed E-state index contributed by atoms with van der Waals surface area (Å²) >= 11 is 0. The van der Waals surface area contributed by atoms with Gasteiger partial charge in [-0.05, 0) is 49.2 Å². The van der Waals surface area contributed by atoms with Gasteiger partial charge in [0.25, 0.3) is 0 Å². The Kier molecular flexibility index (Phi) is 6.49. The molecule has 0 saturated carbocycles. The monoisotopic (exact) mass is 329 g/mol. The summed E-state index contributed by atoms with van der Waals surface area (Å²) < 4.78 is 15.7. The maximum atomic E-state index is 12.0. The average molecular weight is 329 g/mol. The van der Waals surface area contributed by atoms with E-state index in [0.29, 0.717) is 11.5 Å². The van der Waals surface area contributed by atoms with Gasteiger partial charge in [0.2, 0.25) is 5.91 Å². The Morgan fingerprint density at radius 2 is 1.96 bits per heavy atom. The van der Waals surface area contributed by atoms with Crippen LogP contribution in [-0.4, -0.2) is 26.2 Å². The Balaban J connectivity index is 1.87. The molecule has 128 valence electrons. The van der Waals surface area contributed by atoms with Gasteiger partial charge in [-0.2, -0.15) is 0 Å². The number of hydrogen-bond acceptors (Lipinski definition) is 4. The highest BCUT2D eigenvalue weighted by atomic mass is 16.5. The van der Waals surface area contributed by atoms with Gasteiger partial charge in [-0.3, -0.25) is 4.79 Å². The van der Waals surface area contributed by atoms with Crippen LogP contribution < -0.4 is 14.8 Å². The predicted molar refractivity (Wildman–Crippen MR) is 93.2 cm³/mol. The van der Waals surface area contributed by atoms with Crippen molar-refractivity contribution in [2.24, 2.45) is 0 Å². The highest BCUT2D eigenvalue weighted by Gasteiger charge is 2.06. The first-order valence-corrected chi connectivity index (χ1v) is 7.84. The molecule has 0 aliphatic rings. The van der Waals surface area contributed by atoms with Crippen LogP contribution in [0, 0.1) is 0 Å². The van der Waals surface area contributed by atoms with Crippen LogP contribution in [0.5, 0.6) is 11.5 Å². The molecule has 0 fully saturated rings. The Hall–Kier alpha value is -2.69. The van der Waals surface area contributed by atoms with Crippen LogP contribution in [0.4, 0.5) is 0 Å². The van der Waals surface area contributed by atoms with Crippen molar-refractivity contribution in [2.75, 3.05) is 14.2 Å². The van der Waals surface area contributed by atoms with E-state index in [1.54, 1.807) is 32.6 Å². The molecule has 5 nitrogen and oxygen atoms in total. The summed E-state index contributed by atoms with van der Waals surface area (Å²) in [6.45, 7) is 1.98. The number of ether oxygens (including phenoxy) is 2. The van der Waals surface area contributed by atoms with Crippen LogP contribution in [0.3, 0.4) is 0 Å². The molecule has 1 unspecified atom stereocenters. The minimum atomic E-state index is -0.135. The molecular weight excluding hydrogens is 306 g/mol. The van der Waals surface area contributed by atoms with Crippen LogP contribution in [-0.2, 0) is 11.2 Å². The maximum absolute atomic E-state index is 12.0. The zero-order chi connectivity index (χ0) is 17.4. The lowest BCUT2D eigenvalue weighted by Crippen LogP contribution is -2.31. The van der Waals surface area contributed by atoms with Crippen LogP contribution in [0.25, 0.3) is 6.08 Å². The van der Waals surface area contributed by atoms with Crippen LogP contribution >= 0.6 is 0 Å². The molecule has 0 bridgehead atoms. The second kappa shape index (κ2) is 8.82. The van der Waals surface area contributed by atoms with E-state index in [9.17, 15) is 4.79 Å². The van der Waals surface area contributed by atoms with Crippen LogP contribution in [0.15, 0.2) is 47.1 Å². The Labute approximate surface area is 142 Å². The summed E-state index contributed by atoms with van der Waals surface area (Å²) in [5.74, 6) is 2.15. The van der Waals surface area contributed by atoms with Gasteiger partial charge in [0.1, 0.15) is 17.3 Å². The normalized spacial score (nSPS) is 12.1. The van der Waals surface area contributed by atoms with Crippen molar-refractivity contribution < 1.29 is 18.7 Å². The summed E-state index contributed by atoms with van der Waals surface area (Å²) in [5, 5.41) is 2.94. The second-order valence-corrected chi connectivity index (χ2v) is 5.51. The molecule has 5 heteroatoms. The van der Waals surface area contributed by atoms with Gasteiger partial charge in [-0.25, -0.2) is 0 Å². The molecule has 0 spiro atoms. The first-order chi connectivity index (χ1) is 11.6. The molecule has 2 aromatic rings. The lowest BCUT2D eigenvalue weighted by Gasteiger charge is -2.11. The predicted octanol–water partition coefficient (Wildman–Crippen LogP) is 3.45. The molecule has 2 rings (SSSR count). The average Bonchev–Trinajstić information content (AvgIpc) is 3.11. The third-order valence-electron chi connectivity index (χ3n) is 3.59. The molecule has 0 radical (unpaired) electrons. The van der Waals surface area contributed by atoms with Gasteiger partial charge in [0.15, 0.2) is 0 Å². The number of nitrogens with one attached hydrogen (secondary N) is 1. The molecule has 1 aromatic carbocycles. The van der Waals surface area contributed by atoms with Gasteiger partial charge >= 0.3 is 0 Å². The van der Waals surface area contributed by atoms with E-state index in [2.05, 4.69) is 5.32 Å². The fourth-order valence-electron chi connectivity index (χ4n) is 2.27. The van der Waals surface area contributed by atoms with Gasteiger partial charge in [0.05, 0.1) is 20.5 Å². The van der Waals surface area contributed by atoms with Crippen molar-refractivity contribution in [1.29, 1.82) is 0 Å². The number of hydrogen-bond donors (Lipinski definition) is 1. The Morgan fingerprint density at radius 1 is 1.25 bits per heavy atom. The minimum Gasteiger partial charge on any atom is -0.497 e. The molecule has 0 saturated heterocycles. The SMILES string of the molecule is COc1cc(/C=C/C(=O)NC(C)CCc2ccco2)cc(OC)c1. The highest BCUT2D eigenvalue weighted by molar-refractivity contribution is 5.92. The number of benzene rings is 1. The van der Waals surface area contributed by atoms with Crippen molar-refractivity contribution in [3.8, 4) is 11.5 Å². The second-order valence-electron chi connectivity index (χ2n) is 5.51. The fraction of sp³-hybridized carbons (Fsp3) is 0.316. The summed E-state index contributed by atoms with van der Waals surface area (Å²) in [6.07, 6.45) is 6.52. The first kappa shape index (κ1) is 17.7. The number of rotatable bonds is 8. The van der Waals surface area contributed by atoms with E-state index in [1.165, 1.54) is 6.08 Å². The van der Waals surface area contributed by atoms with Crippen molar-refractivity contribution in [2.45, 2.75) is 25.8 Å². The van der Waals surface area contributed by atoms with Crippen LogP contribution in [0.2, 0.25) is 0 Å². The Morgan fingerprint density at radius 3 is 2.54 bits per heavy atom. The van der Waals surface area contributed by atoms with E-state index in [1.807, 2.05) is 31.2 Å². The smallest absolute Gasteiger partial charge is 0.244 e. The van der Waals surface area contributed by atoms with Crippen LogP contribution in [0.1, 0.15) is 24.7 Å². The van der Waals surface area contributed by atoms with Gasteiger partial charge in [0, 0.05) is 24.6 Å². The number of furan rings is 1. The lowest BCUT2D eigenvalue weighted by atomic mass is 10.1. The van der Waals surface area contributed by atoms with E-state index < -0.39 is 0 Å². The molecule has 1 heterocycles. The standard InChI is InChI=1S/C19H23NO4/c1-14(6-8-16-5-4-10-24-16)20-19(21)9-7-15-11-17(22-2)13-18(12-15)23-3/h4-5,7,9-14H,6,8H2,1-3H3,(H,20,21)/b9-7+. The summed E-state index contributed by atoms with van der Waals surface area (Å²) in [4.78, 5) is 12.0. The molecule has 0 aliphatic carbocycles. The fourth-order valence-corrected chi connectivity index (χ4v) is 2.27. The zero-order valence-electron chi connectivity index (χ0n) is 14.2. The number of aryl methyl sites for hydroxylation is 1. The molecule has 1 N–H and O–H groups in total. The lowest BCUT2D eigenvalue weighted by molar-refractivity contribution is -0.117. The summed E-state index contributed by atoms with van der Waals surface area (Å²) in [7, 11) is 3.19. The van der Waals surface area contributed by atoms with Crippen molar-refractivity contribution in [1.82, 2.24) is 5.32 Å². The van der Waals surface area contributed by atoms with Crippen molar-refractivity contribution in [3.63, 3.8) is 0 Å². The molecular formula is C19H23NO4. The van der Waals surface area contributed by atoms with Crippen molar-refractivity contribution >= 4 is 12.0 Å². The van der Waals surface area contributed by atoms with E-state index in [0.717, 1.165) is 24.2 Å². The molecule has 0 aliphatic heterocycles. The minimum absolute atomic E-state index is 0.0621. The molecule has 1 aromatic heterocycles. The van der Waals surface area contributed by atoms with E-state index in [-0.39, 0.29) is 11.9 Å². The highest BCUT2D eigenvalue weighted by Crippen LogP contribution is 2.23. The molecule has 24 heavy (non-hydrogen) atoms. The van der Waals surface area contributed by atoms with E-state index in [4.69, 9.17) is 13.9 Å². The number of carbonyl (C=O) groups excluding carboxylic acids is 1. The third-order valence-corrected chi connectivity index (χ3v) is 3.59. The third kappa shape index (κ3) is 5.50. The van der Waals surface area contributed by atoms with Gasteiger partial charge < -0.3 is 19.2 Å². The topological polar surface area (TPSA) is 60.7 Å². The number of carbonyl (C=O) groups is 1. The zero-order valence-corrected chi connectivity index (χ0v) is 14.2. The van der Waals surface area contributed by atoms with Crippen molar-refractivity contribution in [3.05, 3.63) is 54.0 Å². The number of amides is 1. The van der Waals surface area contributed by atoms with E-state index >= 15 is 0 Å². The molecule has 1 atom stereocenters. The number of methoxy groups -OCH3 is 2. The van der Waals surface area contributed by atoms with Gasteiger partial charge in [-0.15, -0.1) is 0 Å². The van der Waals surface area contributed by atoms with Gasteiger partial charge in [-0.1, -0.05) is 0 Å². The largest absolute Gasteiger partial charge is 0.497 e. The Bertz CT molecular complexity index is 654.